The lowest BCUT2D eigenvalue weighted by molar-refractivity contribution is 0.467. The zero-order chi connectivity index (χ0) is 29.2. The molecule has 0 aliphatic rings. The number of aromatic amines is 2. The molecule has 0 saturated carbocycles. The molecule has 0 bridgehead atoms. The Morgan fingerprint density at radius 1 is 0.791 bits per heavy atom. The maximum Gasteiger partial charge on any atom is 0.162 e. The average molecular weight is 568 g/mol. The number of nitrogens with one attached hydrogen (secondary N) is 5. The molecule has 0 radical (unpaired) electrons. The van der Waals surface area contributed by atoms with Crippen LogP contribution in [0.5, 0.6) is 5.75 Å². The molecule has 0 aliphatic carbocycles. The standard InChI is InChI=1S/C33H29N9O/c1-20(2)36-31(37-24-10-12-28-22(14-24)17-34-41-28)19-43-26-7-5-6-21(16-26)32-39-30-9-4-3-8-27(30)33(40-32)38-25-11-13-29-23(15-25)18-35-42-29/h3-20,36-37H,1-2H3,(H,34,41)(H,35,42)(H,38,39,40)/b31-19-. The lowest BCUT2D eigenvalue weighted by Gasteiger charge is -2.16. The van der Waals surface area contributed by atoms with E-state index in [1.54, 1.807) is 18.7 Å². The predicted molar refractivity (Wildman–Crippen MR) is 171 cm³/mol. The van der Waals surface area contributed by atoms with E-state index in [0.717, 1.165) is 61.3 Å². The number of ether oxygens (including phenoxy) is 1. The Balaban J connectivity index is 1.17. The van der Waals surface area contributed by atoms with Gasteiger partial charge in [0.1, 0.15) is 23.7 Å². The molecular weight excluding hydrogens is 538 g/mol. The second-order valence-corrected chi connectivity index (χ2v) is 10.5. The van der Waals surface area contributed by atoms with Crippen LogP contribution < -0.4 is 20.7 Å². The fourth-order valence-electron chi connectivity index (χ4n) is 4.88. The molecule has 0 saturated heterocycles. The molecule has 7 rings (SSSR count). The van der Waals surface area contributed by atoms with Gasteiger partial charge in [0.05, 0.1) is 28.9 Å². The Labute approximate surface area is 247 Å². The van der Waals surface area contributed by atoms with E-state index in [1.165, 1.54) is 0 Å². The number of fused-ring (bicyclic) bond motifs is 3. The molecule has 7 aromatic rings. The van der Waals surface area contributed by atoms with E-state index in [9.17, 15) is 0 Å². The smallest absolute Gasteiger partial charge is 0.162 e. The molecule has 0 amide bonds. The van der Waals surface area contributed by atoms with Crippen molar-refractivity contribution in [1.29, 1.82) is 0 Å². The number of nitrogens with zero attached hydrogens (tertiary/aromatic N) is 4. The van der Waals surface area contributed by atoms with Crippen LogP contribution >= 0.6 is 0 Å². The molecule has 4 aromatic carbocycles. The van der Waals surface area contributed by atoms with Gasteiger partial charge in [-0.25, -0.2) is 9.97 Å². The van der Waals surface area contributed by atoms with Crippen LogP contribution in [0.3, 0.4) is 0 Å². The van der Waals surface area contributed by atoms with E-state index in [0.29, 0.717) is 11.6 Å². The first-order valence-corrected chi connectivity index (χ1v) is 14.0. The van der Waals surface area contributed by atoms with Gasteiger partial charge >= 0.3 is 0 Å². The fourth-order valence-corrected chi connectivity index (χ4v) is 4.88. The maximum atomic E-state index is 6.14. The number of aromatic nitrogens is 6. The maximum absolute atomic E-state index is 6.14. The van der Waals surface area contributed by atoms with Crippen LogP contribution in [0, 0.1) is 0 Å². The highest BCUT2D eigenvalue weighted by molar-refractivity contribution is 5.93. The van der Waals surface area contributed by atoms with Gasteiger partial charge in [-0.3, -0.25) is 10.2 Å². The van der Waals surface area contributed by atoms with Crippen molar-refractivity contribution in [2.45, 2.75) is 19.9 Å². The largest absolute Gasteiger partial charge is 0.461 e. The van der Waals surface area contributed by atoms with Crippen molar-refractivity contribution in [3.8, 4) is 17.1 Å². The van der Waals surface area contributed by atoms with Gasteiger partial charge in [-0.2, -0.15) is 10.2 Å². The quantitative estimate of drug-likeness (QED) is 0.117. The zero-order valence-corrected chi connectivity index (χ0v) is 23.6. The van der Waals surface area contributed by atoms with Gasteiger partial charge in [0.15, 0.2) is 5.82 Å². The van der Waals surface area contributed by atoms with E-state index in [4.69, 9.17) is 14.7 Å². The SMILES string of the molecule is CC(C)N/C(=C/Oc1cccc(-c2nc(Nc3ccc4[nH]ncc4c3)c3ccccc3n2)c1)Nc1ccc2[nH]ncc2c1. The van der Waals surface area contributed by atoms with Crippen molar-refractivity contribution in [2.24, 2.45) is 0 Å². The monoisotopic (exact) mass is 567 g/mol. The number of H-pyrrole nitrogens is 2. The minimum Gasteiger partial charge on any atom is -0.461 e. The normalized spacial score (nSPS) is 11.8. The third-order valence-electron chi connectivity index (χ3n) is 6.87. The number of hydrogen-bond acceptors (Lipinski definition) is 8. The summed E-state index contributed by atoms with van der Waals surface area (Å²) in [5, 5.41) is 27.5. The topological polar surface area (TPSA) is 128 Å². The minimum atomic E-state index is 0.192. The Morgan fingerprint density at radius 2 is 1.53 bits per heavy atom. The summed E-state index contributed by atoms with van der Waals surface area (Å²) in [5.41, 5.74) is 5.46. The molecule has 0 spiro atoms. The van der Waals surface area contributed by atoms with Crippen molar-refractivity contribution in [1.82, 2.24) is 35.7 Å². The zero-order valence-electron chi connectivity index (χ0n) is 23.6. The van der Waals surface area contributed by atoms with Crippen molar-refractivity contribution in [2.75, 3.05) is 10.6 Å². The number of para-hydroxylation sites is 1. The molecule has 0 aliphatic heterocycles. The Hall–Kier alpha value is -5.90. The lowest BCUT2D eigenvalue weighted by atomic mass is 10.1. The van der Waals surface area contributed by atoms with Crippen LogP contribution in [-0.4, -0.2) is 36.4 Å². The summed E-state index contributed by atoms with van der Waals surface area (Å²) in [6.45, 7) is 4.15. The molecule has 10 heteroatoms. The van der Waals surface area contributed by atoms with Crippen molar-refractivity contribution >= 4 is 49.9 Å². The molecule has 0 fully saturated rings. The van der Waals surface area contributed by atoms with E-state index in [-0.39, 0.29) is 6.04 Å². The molecular formula is C33H29N9O. The van der Waals surface area contributed by atoms with Gasteiger partial charge in [-0.1, -0.05) is 24.3 Å². The first-order valence-electron chi connectivity index (χ1n) is 14.0. The summed E-state index contributed by atoms with van der Waals surface area (Å²) in [7, 11) is 0. The van der Waals surface area contributed by atoms with Gasteiger partial charge in [-0.05, 0) is 74.5 Å². The van der Waals surface area contributed by atoms with Crippen molar-refractivity contribution in [3.63, 3.8) is 0 Å². The summed E-state index contributed by atoms with van der Waals surface area (Å²) in [6.07, 6.45) is 5.29. The second kappa shape index (κ2) is 11.2. The Kier molecular flexibility index (Phi) is 6.76. The van der Waals surface area contributed by atoms with Gasteiger partial charge in [0.2, 0.25) is 0 Å². The third kappa shape index (κ3) is 5.66. The molecule has 5 N–H and O–H groups in total. The van der Waals surface area contributed by atoms with Crippen molar-refractivity contribution in [3.05, 3.63) is 109 Å². The van der Waals surface area contributed by atoms with E-state index >= 15 is 0 Å². The van der Waals surface area contributed by atoms with Crippen LogP contribution in [0.15, 0.2) is 109 Å². The van der Waals surface area contributed by atoms with Crippen molar-refractivity contribution < 1.29 is 4.74 Å². The molecule has 43 heavy (non-hydrogen) atoms. The Morgan fingerprint density at radius 3 is 2.33 bits per heavy atom. The lowest BCUT2D eigenvalue weighted by Crippen LogP contribution is -2.27. The van der Waals surface area contributed by atoms with Gasteiger partial charge < -0.3 is 20.7 Å². The van der Waals surface area contributed by atoms with Gasteiger partial charge in [0, 0.05) is 39.1 Å². The number of hydrogen-bond donors (Lipinski definition) is 5. The summed E-state index contributed by atoms with van der Waals surface area (Å²) in [6, 6.07) is 28.0. The summed E-state index contributed by atoms with van der Waals surface area (Å²) >= 11 is 0. The summed E-state index contributed by atoms with van der Waals surface area (Å²) in [4.78, 5) is 9.81. The van der Waals surface area contributed by atoms with Crippen LogP contribution in [0.1, 0.15) is 13.8 Å². The summed E-state index contributed by atoms with van der Waals surface area (Å²) in [5.74, 6) is 2.69. The number of benzene rings is 4. The van der Waals surface area contributed by atoms with E-state index in [2.05, 4.69) is 50.2 Å². The van der Waals surface area contributed by atoms with E-state index < -0.39 is 0 Å². The second-order valence-electron chi connectivity index (χ2n) is 10.5. The van der Waals surface area contributed by atoms with Gasteiger partial charge in [0.25, 0.3) is 0 Å². The fraction of sp³-hybridized carbons (Fsp3) is 0.0909. The molecule has 0 unspecified atom stereocenters. The molecule has 10 nitrogen and oxygen atoms in total. The predicted octanol–water partition coefficient (Wildman–Crippen LogP) is 7.08. The first kappa shape index (κ1) is 26.0. The molecule has 0 atom stereocenters. The minimum absolute atomic E-state index is 0.192. The van der Waals surface area contributed by atoms with Crippen LogP contribution in [0.25, 0.3) is 44.1 Å². The molecule has 3 heterocycles. The highest BCUT2D eigenvalue weighted by atomic mass is 16.5. The van der Waals surface area contributed by atoms with Crippen LogP contribution in [-0.2, 0) is 0 Å². The number of anilines is 3. The van der Waals surface area contributed by atoms with Crippen LogP contribution in [0.4, 0.5) is 17.2 Å². The highest BCUT2D eigenvalue weighted by Crippen LogP contribution is 2.30. The first-order chi connectivity index (χ1) is 21.1. The molecule has 3 aromatic heterocycles. The third-order valence-corrected chi connectivity index (χ3v) is 6.87. The highest BCUT2D eigenvalue weighted by Gasteiger charge is 2.12. The molecule has 212 valence electrons. The average Bonchev–Trinajstić information content (AvgIpc) is 3.69. The Bertz CT molecular complexity index is 2090. The number of rotatable bonds is 9. The van der Waals surface area contributed by atoms with E-state index in [1.807, 2.05) is 84.9 Å². The van der Waals surface area contributed by atoms with Gasteiger partial charge in [-0.15, -0.1) is 0 Å². The summed E-state index contributed by atoms with van der Waals surface area (Å²) < 4.78 is 6.14. The van der Waals surface area contributed by atoms with Crippen LogP contribution in [0.2, 0.25) is 0 Å².